The van der Waals surface area contributed by atoms with E-state index in [0.717, 1.165) is 28.8 Å². The molecule has 3 aromatic rings. The number of ether oxygens (including phenoxy) is 1. The van der Waals surface area contributed by atoms with Crippen LogP contribution in [0.3, 0.4) is 0 Å². The van der Waals surface area contributed by atoms with Crippen molar-refractivity contribution < 1.29 is 26.7 Å². The first-order valence-corrected chi connectivity index (χ1v) is 11.5. The average molecular weight is 487 g/mol. The van der Waals surface area contributed by atoms with Crippen LogP contribution >= 0.6 is 11.3 Å². The van der Waals surface area contributed by atoms with Crippen molar-refractivity contribution in [2.75, 3.05) is 45.7 Å². The summed E-state index contributed by atoms with van der Waals surface area (Å²) < 4.78 is 5.28. The number of anilines is 1. The second kappa shape index (κ2) is 13.1. The van der Waals surface area contributed by atoms with Crippen LogP contribution < -0.4 is 23.0 Å². The van der Waals surface area contributed by atoms with Crippen LogP contribution in [0.1, 0.15) is 17.3 Å². The number of esters is 1. The highest BCUT2D eigenvalue weighted by atomic mass is 35.5. The van der Waals surface area contributed by atoms with Crippen LogP contribution in [0.4, 0.5) is 5.00 Å². The number of thiophene rings is 1. The third kappa shape index (κ3) is 7.40. The van der Waals surface area contributed by atoms with Gasteiger partial charge in [0.1, 0.15) is 10.6 Å². The Morgan fingerprint density at radius 3 is 2.24 bits per heavy atom. The van der Waals surface area contributed by atoms with E-state index in [4.69, 9.17) is 4.74 Å². The minimum Gasteiger partial charge on any atom is -1.00 e. The summed E-state index contributed by atoms with van der Waals surface area (Å²) in [4.78, 5) is 27.2. The van der Waals surface area contributed by atoms with Crippen molar-refractivity contribution in [3.05, 3.63) is 65.5 Å². The SMILES string of the molecule is CCOC(=O)c1c(-c2ccc(-c3ccccc3)cc2)csc1NC(=O)CNCCN(C)C.[Cl-]. The van der Waals surface area contributed by atoms with E-state index in [2.05, 4.69) is 22.8 Å². The Labute approximate surface area is 205 Å². The zero-order chi connectivity index (χ0) is 22.9. The number of nitrogens with one attached hydrogen (secondary N) is 2. The number of rotatable bonds is 10. The molecule has 0 aliphatic heterocycles. The molecule has 0 saturated carbocycles. The van der Waals surface area contributed by atoms with Gasteiger partial charge in [-0.15, -0.1) is 11.3 Å². The highest BCUT2D eigenvalue weighted by Gasteiger charge is 2.22. The number of halogens is 1. The lowest BCUT2D eigenvalue weighted by Crippen LogP contribution is -3.00. The van der Waals surface area contributed by atoms with Gasteiger partial charge in [-0.1, -0.05) is 54.6 Å². The first-order chi connectivity index (χ1) is 15.5. The molecule has 2 N–H and O–H groups in total. The minimum atomic E-state index is -0.438. The van der Waals surface area contributed by atoms with E-state index in [0.29, 0.717) is 17.1 Å². The van der Waals surface area contributed by atoms with E-state index in [1.54, 1.807) is 6.92 Å². The van der Waals surface area contributed by atoms with Crippen molar-refractivity contribution in [3.63, 3.8) is 0 Å². The summed E-state index contributed by atoms with van der Waals surface area (Å²) in [5.41, 5.74) is 4.27. The van der Waals surface area contributed by atoms with Gasteiger partial charge in [0, 0.05) is 24.0 Å². The Morgan fingerprint density at radius 1 is 0.970 bits per heavy atom. The molecule has 0 atom stereocenters. The summed E-state index contributed by atoms with van der Waals surface area (Å²) >= 11 is 1.33. The molecule has 1 aromatic heterocycles. The van der Waals surface area contributed by atoms with Crippen molar-refractivity contribution in [1.82, 2.24) is 10.2 Å². The van der Waals surface area contributed by atoms with Gasteiger partial charge in [-0.3, -0.25) is 4.79 Å². The average Bonchev–Trinajstić information content (AvgIpc) is 3.21. The number of hydrogen-bond acceptors (Lipinski definition) is 6. The van der Waals surface area contributed by atoms with Crippen LogP contribution in [-0.4, -0.2) is 57.1 Å². The molecule has 1 heterocycles. The zero-order valence-electron chi connectivity index (χ0n) is 19.1. The van der Waals surface area contributed by atoms with Crippen LogP contribution in [0.5, 0.6) is 0 Å². The van der Waals surface area contributed by atoms with E-state index >= 15 is 0 Å². The fraction of sp³-hybridized carbons (Fsp3) is 0.280. The molecule has 2 aromatic carbocycles. The van der Waals surface area contributed by atoms with E-state index in [9.17, 15) is 9.59 Å². The standard InChI is InChI=1S/C25H29N3O3S.ClH/c1-4-31-25(30)23-21(17-32-24(23)27-22(29)16-26-14-15-28(2)3)20-12-10-19(11-13-20)18-8-6-5-7-9-18;/h5-13,17,26H,4,14-16H2,1-3H3,(H,27,29);1H/p-1. The Bertz CT molecular complexity index is 1040. The molecule has 0 aliphatic rings. The molecule has 0 unspecified atom stereocenters. The first kappa shape index (κ1) is 26.5. The van der Waals surface area contributed by atoms with Gasteiger partial charge in [-0.2, -0.15) is 0 Å². The second-order valence-corrected chi connectivity index (χ2v) is 8.43. The Balaban J connectivity index is 0.00000385. The number of carbonyl (C=O) groups excluding carboxylic acids is 2. The molecule has 6 nitrogen and oxygen atoms in total. The molecule has 1 amide bonds. The van der Waals surface area contributed by atoms with Crippen molar-refractivity contribution in [1.29, 1.82) is 0 Å². The first-order valence-electron chi connectivity index (χ1n) is 10.6. The number of hydrogen-bond donors (Lipinski definition) is 2. The Morgan fingerprint density at radius 2 is 1.61 bits per heavy atom. The van der Waals surface area contributed by atoms with Crippen LogP contribution in [0.25, 0.3) is 22.3 Å². The Kier molecular flexibility index (Phi) is 10.5. The fourth-order valence-corrected chi connectivity index (χ4v) is 4.19. The third-order valence-electron chi connectivity index (χ3n) is 4.85. The van der Waals surface area contributed by atoms with Gasteiger partial charge >= 0.3 is 5.97 Å². The van der Waals surface area contributed by atoms with Crippen molar-refractivity contribution >= 4 is 28.2 Å². The quantitative estimate of drug-likeness (QED) is 0.334. The van der Waals surface area contributed by atoms with E-state index in [1.807, 2.05) is 66.8 Å². The van der Waals surface area contributed by atoms with Gasteiger partial charge in [0.2, 0.25) is 5.91 Å². The van der Waals surface area contributed by atoms with Crippen LogP contribution in [0.2, 0.25) is 0 Å². The lowest BCUT2D eigenvalue weighted by Gasteiger charge is -2.11. The minimum absolute atomic E-state index is 0. The van der Waals surface area contributed by atoms with Crippen molar-refractivity contribution in [3.8, 4) is 22.3 Å². The molecule has 176 valence electrons. The topological polar surface area (TPSA) is 70.7 Å². The number of carbonyl (C=O) groups is 2. The summed E-state index contributed by atoms with van der Waals surface area (Å²) in [6.45, 7) is 3.75. The van der Waals surface area contributed by atoms with Gasteiger partial charge in [0.05, 0.1) is 13.2 Å². The van der Waals surface area contributed by atoms with Gasteiger partial charge < -0.3 is 32.7 Å². The zero-order valence-corrected chi connectivity index (χ0v) is 20.6. The van der Waals surface area contributed by atoms with Gasteiger partial charge in [0.15, 0.2) is 0 Å². The molecule has 0 radical (unpaired) electrons. The number of amides is 1. The summed E-state index contributed by atoms with van der Waals surface area (Å²) in [7, 11) is 3.96. The predicted molar refractivity (Wildman–Crippen MR) is 131 cm³/mol. The fourth-order valence-electron chi connectivity index (χ4n) is 3.22. The molecular formula is C25H29ClN3O3S-. The monoisotopic (exact) mass is 486 g/mol. The lowest BCUT2D eigenvalue weighted by molar-refractivity contribution is -0.115. The molecular weight excluding hydrogens is 458 g/mol. The summed E-state index contributed by atoms with van der Waals surface area (Å²) in [5.74, 6) is -0.631. The van der Waals surface area contributed by atoms with E-state index < -0.39 is 5.97 Å². The second-order valence-electron chi connectivity index (χ2n) is 7.55. The predicted octanol–water partition coefficient (Wildman–Crippen LogP) is 1.35. The van der Waals surface area contributed by atoms with Gasteiger partial charge in [0.25, 0.3) is 0 Å². The number of nitrogens with zero attached hydrogens (tertiary/aromatic N) is 1. The van der Waals surface area contributed by atoms with Crippen molar-refractivity contribution in [2.24, 2.45) is 0 Å². The molecule has 0 aliphatic carbocycles. The summed E-state index contributed by atoms with van der Waals surface area (Å²) in [6.07, 6.45) is 0. The Hall–Kier alpha value is -2.71. The largest absolute Gasteiger partial charge is 1.00 e. The molecule has 0 bridgehead atoms. The highest BCUT2D eigenvalue weighted by Crippen LogP contribution is 2.37. The van der Waals surface area contributed by atoms with Gasteiger partial charge in [-0.05, 0) is 37.7 Å². The number of benzene rings is 2. The van der Waals surface area contributed by atoms with Crippen molar-refractivity contribution in [2.45, 2.75) is 6.92 Å². The molecule has 0 spiro atoms. The normalized spacial score (nSPS) is 10.5. The van der Waals surface area contributed by atoms with Crippen LogP contribution in [0.15, 0.2) is 60.0 Å². The summed E-state index contributed by atoms with van der Waals surface area (Å²) in [6, 6.07) is 18.2. The van der Waals surface area contributed by atoms with E-state index in [-0.39, 0.29) is 31.5 Å². The maximum Gasteiger partial charge on any atom is 0.341 e. The molecule has 0 fully saturated rings. The molecule has 0 saturated heterocycles. The maximum atomic E-state index is 12.7. The third-order valence-corrected chi connectivity index (χ3v) is 5.74. The van der Waals surface area contributed by atoms with Crippen LogP contribution in [-0.2, 0) is 9.53 Å². The lowest BCUT2D eigenvalue weighted by atomic mass is 9.99. The summed E-state index contributed by atoms with van der Waals surface area (Å²) in [5, 5.41) is 8.37. The maximum absolute atomic E-state index is 12.7. The molecule has 3 rings (SSSR count). The molecule has 33 heavy (non-hydrogen) atoms. The smallest absolute Gasteiger partial charge is 0.341 e. The van der Waals surface area contributed by atoms with Gasteiger partial charge in [-0.25, -0.2) is 4.79 Å². The number of likely N-dealkylation sites (N-methyl/N-ethyl adjacent to an activating group) is 1. The molecule has 8 heteroatoms. The van der Waals surface area contributed by atoms with Crippen LogP contribution in [0, 0.1) is 0 Å². The highest BCUT2D eigenvalue weighted by molar-refractivity contribution is 7.15. The van der Waals surface area contributed by atoms with E-state index in [1.165, 1.54) is 11.3 Å².